The maximum absolute atomic E-state index is 8.59. The summed E-state index contributed by atoms with van der Waals surface area (Å²) in [6, 6.07) is 10.9. The number of benzene rings is 2. The fourth-order valence-corrected chi connectivity index (χ4v) is 2.59. The molecular weight excluding hydrogens is 358 g/mol. The zero-order chi connectivity index (χ0) is 15.2. The van der Waals surface area contributed by atoms with E-state index in [9.17, 15) is 0 Å². The van der Waals surface area contributed by atoms with Gasteiger partial charge in [-0.1, -0.05) is 28.9 Å². The number of hydrogen-bond acceptors (Lipinski definition) is 4. The lowest BCUT2D eigenvalue weighted by Gasteiger charge is -2.13. The monoisotopic (exact) mass is 369 g/mol. The molecule has 110 valence electrons. The van der Waals surface area contributed by atoms with Crippen LogP contribution in [0.4, 0.5) is 0 Å². The quantitative estimate of drug-likeness (QED) is 0.479. The molecule has 0 saturated heterocycles. The van der Waals surface area contributed by atoms with Crippen molar-refractivity contribution in [1.82, 2.24) is 0 Å². The molecule has 0 radical (unpaired) electrons. The molecule has 0 aliphatic heterocycles. The molecule has 0 amide bonds. The fraction of sp³-hybridized carbons (Fsp3) is 0.133. The molecule has 6 heteroatoms. The fourth-order valence-electron chi connectivity index (χ4n) is 1.80. The topological polar surface area (TPSA) is 51.0 Å². The molecule has 2 aromatic rings. The van der Waals surface area contributed by atoms with E-state index < -0.39 is 0 Å². The maximum Gasteiger partial charge on any atom is 0.175 e. The zero-order valence-corrected chi connectivity index (χ0v) is 13.6. The highest BCUT2D eigenvalue weighted by molar-refractivity contribution is 9.10. The molecule has 1 N–H and O–H groups in total. The smallest absolute Gasteiger partial charge is 0.175 e. The first-order chi connectivity index (χ1) is 10.1. The van der Waals surface area contributed by atoms with Crippen molar-refractivity contribution in [2.75, 3.05) is 7.11 Å². The highest BCUT2D eigenvalue weighted by Crippen LogP contribution is 2.36. The number of ether oxygens (including phenoxy) is 2. The van der Waals surface area contributed by atoms with Gasteiger partial charge < -0.3 is 14.7 Å². The molecule has 0 spiro atoms. The Morgan fingerprint density at radius 3 is 2.81 bits per heavy atom. The zero-order valence-electron chi connectivity index (χ0n) is 11.2. The minimum absolute atomic E-state index is 0.364. The average molecular weight is 371 g/mol. The van der Waals surface area contributed by atoms with Gasteiger partial charge >= 0.3 is 0 Å². The van der Waals surface area contributed by atoms with Gasteiger partial charge in [0.05, 0.1) is 17.8 Å². The maximum atomic E-state index is 8.59. The Morgan fingerprint density at radius 1 is 1.33 bits per heavy atom. The summed E-state index contributed by atoms with van der Waals surface area (Å²) in [5, 5.41) is 12.3. The van der Waals surface area contributed by atoms with Crippen LogP contribution in [0.3, 0.4) is 0 Å². The van der Waals surface area contributed by atoms with E-state index in [0.29, 0.717) is 33.2 Å². The van der Waals surface area contributed by atoms with Gasteiger partial charge in [0.25, 0.3) is 0 Å². The molecule has 0 atom stereocenters. The van der Waals surface area contributed by atoms with Gasteiger partial charge in [-0.3, -0.25) is 0 Å². The van der Waals surface area contributed by atoms with Crippen molar-refractivity contribution in [1.29, 1.82) is 0 Å². The predicted octanol–water partition coefficient (Wildman–Crippen LogP) is 4.50. The van der Waals surface area contributed by atoms with Crippen LogP contribution in [0, 0.1) is 0 Å². The molecule has 0 bridgehead atoms. The second kappa shape index (κ2) is 7.33. The van der Waals surface area contributed by atoms with E-state index in [2.05, 4.69) is 21.1 Å². The summed E-state index contributed by atoms with van der Waals surface area (Å²) in [5.41, 5.74) is 1.65. The first-order valence-corrected chi connectivity index (χ1v) is 7.23. The molecule has 0 aliphatic carbocycles. The largest absolute Gasteiger partial charge is 0.493 e. The number of methoxy groups -OCH3 is 1. The third kappa shape index (κ3) is 4.12. The van der Waals surface area contributed by atoms with E-state index in [-0.39, 0.29) is 0 Å². The van der Waals surface area contributed by atoms with Crippen molar-refractivity contribution in [3.8, 4) is 11.5 Å². The molecule has 0 saturated carbocycles. The lowest BCUT2D eigenvalue weighted by atomic mass is 10.2. The van der Waals surface area contributed by atoms with E-state index in [4.69, 9.17) is 26.3 Å². The van der Waals surface area contributed by atoms with Crippen LogP contribution in [0.1, 0.15) is 11.1 Å². The lowest BCUT2D eigenvalue weighted by molar-refractivity contribution is 0.282. The van der Waals surface area contributed by atoms with E-state index in [1.165, 1.54) is 6.21 Å². The van der Waals surface area contributed by atoms with Gasteiger partial charge in [-0.05, 0) is 45.8 Å². The van der Waals surface area contributed by atoms with Crippen LogP contribution in [-0.2, 0) is 6.61 Å². The molecule has 0 aliphatic rings. The van der Waals surface area contributed by atoms with Gasteiger partial charge in [0.2, 0.25) is 0 Å². The van der Waals surface area contributed by atoms with Crippen LogP contribution in [0.25, 0.3) is 0 Å². The molecular formula is C15H13BrClNO3. The average Bonchev–Trinajstić information content (AvgIpc) is 2.46. The minimum atomic E-state index is 0.364. The number of hydrogen-bond donors (Lipinski definition) is 1. The molecule has 0 unspecified atom stereocenters. The van der Waals surface area contributed by atoms with E-state index in [1.807, 2.05) is 24.3 Å². The lowest BCUT2D eigenvalue weighted by Crippen LogP contribution is -1.99. The van der Waals surface area contributed by atoms with E-state index in [0.717, 1.165) is 5.56 Å². The Labute approximate surface area is 136 Å². The van der Waals surface area contributed by atoms with Crippen LogP contribution in [0.2, 0.25) is 5.02 Å². The molecule has 2 rings (SSSR count). The summed E-state index contributed by atoms with van der Waals surface area (Å²) in [6.07, 6.45) is 1.31. The van der Waals surface area contributed by atoms with Crippen LogP contribution in [-0.4, -0.2) is 18.5 Å². The van der Waals surface area contributed by atoms with Crippen LogP contribution in [0.5, 0.6) is 11.5 Å². The summed E-state index contributed by atoms with van der Waals surface area (Å²) < 4.78 is 11.8. The van der Waals surface area contributed by atoms with Crippen LogP contribution < -0.4 is 9.47 Å². The standard InChI is InChI=1S/C15H13BrClNO3/c1-20-14-7-11(8-18-19)6-13(16)15(14)21-9-10-3-2-4-12(17)5-10/h2-8,19H,9H2,1H3. The molecule has 0 fully saturated rings. The number of rotatable bonds is 5. The summed E-state index contributed by atoms with van der Waals surface area (Å²) in [5.74, 6) is 1.12. The second-order valence-corrected chi connectivity index (χ2v) is 5.49. The van der Waals surface area contributed by atoms with Gasteiger partial charge in [-0.25, -0.2) is 0 Å². The third-order valence-electron chi connectivity index (χ3n) is 2.73. The second-order valence-electron chi connectivity index (χ2n) is 4.20. The van der Waals surface area contributed by atoms with Crippen molar-refractivity contribution >= 4 is 33.7 Å². The summed E-state index contributed by atoms with van der Waals surface area (Å²) in [6.45, 7) is 0.364. The predicted molar refractivity (Wildman–Crippen MR) is 85.9 cm³/mol. The minimum Gasteiger partial charge on any atom is -0.493 e. The Bertz CT molecular complexity index is 661. The first kappa shape index (κ1) is 15.7. The van der Waals surface area contributed by atoms with Crippen molar-refractivity contribution in [3.63, 3.8) is 0 Å². The molecule has 0 heterocycles. The Hall–Kier alpha value is -1.72. The summed E-state index contributed by atoms with van der Waals surface area (Å²) in [7, 11) is 1.55. The first-order valence-electron chi connectivity index (χ1n) is 6.06. The van der Waals surface area contributed by atoms with Gasteiger partial charge in [0, 0.05) is 10.6 Å². The highest BCUT2D eigenvalue weighted by Gasteiger charge is 2.11. The van der Waals surface area contributed by atoms with E-state index >= 15 is 0 Å². The van der Waals surface area contributed by atoms with E-state index in [1.54, 1.807) is 19.2 Å². The molecule has 21 heavy (non-hydrogen) atoms. The van der Waals surface area contributed by atoms with Gasteiger partial charge in [0.1, 0.15) is 6.61 Å². The van der Waals surface area contributed by atoms with Crippen molar-refractivity contribution in [2.24, 2.45) is 5.16 Å². The molecule has 2 aromatic carbocycles. The van der Waals surface area contributed by atoms with Crippen LogP contribution in [0.15, 0.2) is 46.0 Å². The van der Waals surface area contributed by atoms with Crippen molar-refractivity contribution in [2.45, 2.75) is 6.61 Å². The molecule has 0 aromatic heterocycles. The summed E-state index contributed by atoms with van der Waals surface area (Å²) >= 11 is 9.37. The van der Waals surface area contributed by atoms with Crippen LogP contribution >= 0.6 is 27.5 Å². The number of oxime groups is 1. The van der Waals surface area contributed by atoms with Gasteiger partial charge in [-0.15, -0.1) is 0 Å². The van der Waals surface area contributed by atoms with Gasteiger partial charge in [0.15, 0.2) is 11.5 Å². The number of halogens is 2. The molecule has 4 nitrogen and oxygen atoms in total. The number of nitrogens with zero attached hydrogens (tertiary/aromatic N) is 1. The Morgan fingerprint density at radius 2 is 2.14 bits per heavy atom. The normalized spacial score (nSPS) is 10.8. The van der Waals surface area contributed by atoms with Gasteiger partial charge in [-0.2, -0.15) is 0 Å². The summed E-state index contributed by atoms with van der Waals surface area (Å²) in [4.78, 5) is 0. The SMILES string of the molecule is COc1cc(C=NO)cc(Br)c1OCc1cccc(Cl)c1. The van der Waals surface area contributed by atoms with Crippen molar-refractivity contribution < 1.29 is 14.7 Å². The Balaban J connectivity index is 2.23. The highest BCUT2D eigenvalue weighted by atomic mass is 79.9. The van der Waals surface area contributed by atoms with Crippen molar-refractivity contribution in [3.05, 3.63) is 57.0 Å². The third-order valence-corrected chi connectivity index (χ3v) is 3.55. The Kier molecular flexibility index (Phi) is 5.47.